The van der Waals surface area contributed by atoms with Gasteiger partial charge in [0.2, 0.25) is 0 Å². The highest BCUT2D eigenvalue weighted by Gasteiger charge is 2.25. The van der Waals surface area contributed by atoms with E-state index < -0.39 is 0 Å². The lowest BCUT2D eigenvalue weighted by Crippen LogP contribution is -2.45. The van der Waals surface area contributed by atoms with Crippen molar-refractivity contribution in [1.82, 2.24) is 19.2 Å². The van der Waals surface area contributed by atoms with Gasteiger partial charge in [-0.15, -0.1) is 11.3 Å². The SMILES string of the molecule is CCN1CC(CN(C)Cn2nc(Cc3cccs3)n(C)c2=S)Oc2ccccc21. The van der Waals surface area contributed by atoms with Crippen molar-refractivity contribution in [3.8, 4) is 5.75 Å². The zero-order valence-electron chi connectivity index (χ0n) is 17.1. The number of thiophene rings is 1. The second kappa shape index (κ2) is 8.69. The van der Waals surface area contributed by atoms with E-state index in [2.05, 4.69) is 59.5 Å². The molecular weight excluding hydrogens is 402 g/mol. The molecule has 0 radical (unpaired) electrons. The van der Waals surface area contributed by atoms with Crippen LogP contribution in [0, 0.1) is 4.77 Å². The quantitative estimate of drug-likeness (QED) is 0.535. The minimum absolute atomic E-state index is 0.110. The lowest BCUT2D eigenvalue weighted by molar-refractivity contribution is 0.123. The molecule has 6 nitrogen and oxygen atoms in total. The Bertz CT molecular complexity index is 1010. The molecule has 1 unspecified atom stereocenters. The van der Waals surface area contributed by atoms with Gasteiger partial charge in [0.05, 0.1) is 18.9 Å². The molecule has 0 amide bonds. The molecule has 29 heavy (non-hydrogen) atoms. The third-order valence-corrected chi connectivity index (χ3v) is 6.60. The molecule has 1 aliphatic rings. The molecule has 0 fully saturated rings. The summed E-state index contributed by atoms with van der Waals surface area (Å²) in [5.41, 5.74) is 1.18. The summed E-state index contributed by atoms with van der Waals surface area (Å²) in [6, 6.07) is 12.5. The van der Waals surface area contributed by atoms with Gasteiger partial charge < -0.3 is 14.2 Å². The van der Waals surface area contributed by atoms with E-state index >= 15 is 0 Å². The smallest absolute Gasteiger partial charge is 0.198 e. The van der Waals surface area contributed by atoms with Gasteiger partial charge >= 0.3 is 0 Å². The first-order valence-corrected chi connectivity index (χ1v) is 11.2. The molecule has 2 aromatic heterocycles. The number of rotatable bonds is 7. The van der Waals surface area contributed by atoms with Crippen molar-refractivity contribution in [1.29, 1.82) is 0 Å². The van der Waals surface area contributed by atoms with Gasteiger partial charge in [-0.25, -0.2) is 4.68 Å². The van der Waals surface area contributed by atoms with Gasteiger partial charge in [0.1, 0.15) is 17.7 Å². The predicted octanol–water partition coefficient (Wildman–Crippen LogP) is 3.78. The lowest BCUT2D eigenvalue weighted by atomic mass is 10.2. The average Bonchev–Trinajstić information content (AvgIpc) is 3.32. The Balaban J connectivity index is 1.42. The maximum Gasteiger partial charge on any atom is 0.198 e. The Hall–Kier alpha value is -2.16. The number of para-hydroxylation sites is 2. The van der Waals surface area contributed by atoms with Crippen molar-refractivity contribution in [2.24, 2.45) is 7.05 Å². The molecule has 0 spiro atoms. The fraction of sp³-hybridized carbons (Fsp3) is 0.429. The largest absolute Gasteiger partial charge is 0.485 e. The molecule has 0 N–H and O–H groups in total. The van der Waals surface area contributed by atoms with E-state index in [1.165, 1.54) is 10.6 Å². The maximum absolute atomic E-state index is 6.26. The molecule has 3 aromatic rings. The lowest BCUT2D eigenvalue weighted by Gasteiger charge is -2.37. The van der Waals surface area contributed by atoms with Gasteiger partial charge in [0, 0.05) is 31.4 Å². The van der Waals surface area contributed by atoms with Crippen molar-refractivity contribution >= 4 is 29.2 Å². The molecule has 4 rings (SSSR count). The summed E-state index contributed by atoms with van der Waals surface area (Å²) >= 11 is 7.37. The van der Waals surface area contributed by atoms with Crippen molar-refractivity contribution in [2.75, 3.05) is 31.6 Å². The van der Waals surface area contributed by atoms with Crippen molar-refractivity contribution in [2.45, 2.75) is 26.1 Å². The molecule has 1 aromatic carbocycles. The van der Waals surface area contributed by atoms with Gasteiger partial charge in [-0.2, -0.15) is 5.10 Å². The summed E-state index contributed by atoms with van der Waals surface area (Å²) < 4.78 is 10.9. The highest BCUT2D eigenvalue weighted by atomic mass is 32.1. The number of aromatic nitrogens is 3. The highest BCUT2D eigenvalue weighted by molar-refractivity contribution is 7.71. The van der Waals surface area contributed by atoms with E-state index in [0.717, 1.165) is 42.4 Å². The van der Waals surface area contributed by atoms with E-state index in [9.17, 15) is 0 Å². The van der Waals surface area contributed by atoms with Crippen LogP contribution in [0.3, 0.4) is 0 Å². The first kappa shape index (κ1) is 20.1. The number of likely N-dealkylation sites (N-methyl/N-ethyl adjacent to an activating group) is 2. The first-order valence-electron chi connectivity index (χ1n) is 9.89. The third-order valence-electron chi connectivity index (χ3n) is 5.24. The van der Waals surface area contributed by atoms with Crippen LogP contribution in [-0.4, -0.2) is 52.0 Å². The van der Waals surface area contributed by atoms with E-state index in [1.54, 1.807) is 11.3 Å². The van der Waals surface area contributed by atoms with Crippen LogP contribution in [0.2, 0.25) is 0 Å². The summed E-state index contributed by atoms with van der Waals surface area (Å²) in [5, 5.41) is 6.87. The second-order valence-corrected chi connectivity index (χ2v) is 8.84. The van der Waals surface area contributed by atoms with Crippen LogP contribution in [0.5, 0.6) is 5.75 Å². The Labute approximate surface area is 180 Å². The molecular formula is C21H27N5OS2. The Morgan fingerprint density at radius 3 is 2.86 bits per heavy atom. The summed E-state index contributed by atoms with van der Waals surface area (Å²) in [5.74, 6) is 1.96. The van der Waals surface area contributed by atoms with E-state index in [0.29, 0.717) is 6.67 Å². The zero-order valence-corrected chi connectivity index (χ0v) is 18.7. The molecule has 8 heteroatoms. The maximum atomic E-state index is 6.26. The number of benzene rings is 1. The molecule has 0 bridgehead atoms. The minimum Gasteiger partial charge on any atom is -0.485 e. The van der Waals surface area contributed by atoms with Crippen LogP contribution in [-0.2, 0) is 20.1 Å². The van der Waals surface area contributed by atoms with Crippen LogP contribution in [0.1, 0.15) is 17.6 Å². The molecule has 1 atom stereocenters. The highest BCUT2D eigenvalue weighted by Crippen LogP contribution is 2.32. The van der Waals surface area contributed by atoms with Crippen molar-refractivity contribution in [3.63, 3.8) is 0 Å². The summed E-state index contributed by atoms with van der Waals surface area (Å²) in [6.45, 7) is 5.49. The molecule has 154 valence electrons. The zero-order chi connectivity index (χ0) is 20.4. The van der Waals surface area contributed by atoms with Crippen LogP contribution < -0.4 is 9.64 Å². The summed E-state index contributed by atoms with van der Waals surface area (Å²) in [6.07, 6.45) is 0.918. The summed E-state index contributed by atoms with van der Waals surface area (Å²) in [7, 11) is 4.09. The first-order chi connectivity index (χ1) is 14.0. The van der Waals surface area contributed by atoms with Crippen molar-refractivity contribution in [3.05, 3.63) is 57.3 Å². The van der Waals surface area contributed by atoms with E-state index in [1.807, 2.05) is 22.4 Å². The number of hydrogen-bond acceptors (Lipinski definition) is 6. The predicted molar refractivity (Wildman–Crippen MR) is 121 cm³/mol. The van der Waals surface area contributed by atoms with Gasteiger partial charge in [-0.1, -0.05) is 18.2 Å². The average molecular weight is 430 g/mol. The van der Waals surface area contributed by atoms with E-state index in [-0.39, 0.29) is 6.10 Å². The number of hydrogen-bond donors (Lipinski definition) is 0. The Morgan fingerprint density at radius 1 is 1.28 bits per heavy atom. The number of ether oxygens (including phenoxy) is 1. The summed E-state index contributed by atoms with van der Waals surface area (Å²) in [4.78, 5) is 5.90. The van der Waals surface area contributed by atoms with E-state index in [4.69, 9.17) is 22.1 Å². The number of fused-ring (bicyclic) bond motifs is 1. The van der Waals surface area contributed by atoms with Crippen LogP contribution in [0.4, 0.5) is 5.69 Å². The Kier molecular flexibility index (Phi) is 6.03. The van der Waals surface area contributed by atoms with Gasteiger partial charge in [0.25, 0.3) is 0 Å². The van der Waals surface area contributed by atoms with Gasteiger partial charge in [0.15, 0.2) is 4.77 Å². The van der Waals surface area contributed by atoms with Gasteiger partial charge in [-0.05, 0) is 49.8 Å². The van der Waals surface area contributed by atoms with Crippen molar-refractivity contribution < 1.29 is 4.74 Å². The molecule has 1 aliphatic heterocycles. The fourth-order valence-corrected chi connectivity index (χ4v) is 4.66. The van der Waals surface area contributed by atoms with Crippen LogP contribution in [0.25, 0.3) is 0 Å². The van der Waals surface area contributed by atoms with Gasteiger partial charge in [-0.3, -0.25) is 4.90 Å². The standard InChI is InChI=1S/C21H27N5OS2/c1-4-25-14-16(27-19-10-6-5-9-18(19)25)13-23(2)15-26-21(28)24(3)20(22-26)12-17-8-7-11-29-17/h5-11,16H,4,12-15H2,1-3H3. The Morgan fingerprint density at radius 2 is 2.10 bits per heavy atom. The topological polar surface area (TPSA) is 38.5 Å². The van der Waals surface area contributed by atoms with Crippen LogP contribution in [0.15, 0.2) is 41.8 Å². The fourth-order valence-electron chi connectivity index (χ4n) is 3.76. The number of nitrogens with zero attached hydrogens (tertiary/aromatic N) is 5. The molecule has 0 aliphatic carbocycles. The molecule has 0 saturated heterocycles. The third kappa shape index (κ3) is 4.39. The number of anilines is 1. The minimum atomic E-state index is 0.110. The second-order valence-electron chi connectivity index (χ2n) is 7.44. The molecule has 3 heterocycles. The normalized spacial score (nSPS) is 16.1. The molecule has 0 saturated carbocycles. The monoisotopic (exact) mass is 429 g/mol. The van der Waals surface area contributed by atoms with Crippen LogP contribution >= 0.6 is 23.6 Å².